The molecule has 0 aromatic heterocycles. The van der Waals surface area contributed by atoms with Crippen LogP contribution in [0.1, 0.15) is 26.2 Å². The maximum absolute atomic E-state index is 11.8. The molecule has 0 aromatic carbocycles. The topological polar surface area (TPSA) is 52.7 Å². The number of piperidine rings is 1. The Morgan fingerprint density at radius 3 is 2.33 bits per heavy atom. The summed E-state index contributed by atoms with van der Waals surface area (Å²) in [7, 11) is 0. The standard InChI is InChI=1S/C13H23N3O2/c1-11-9-12(17)16(13(18)10-11)6-2-5-15-7-3-14-4-8-15/h11,14H,2-10H2,1H3. The molecule has 5 heteroatoms. The molecule has 5 nitrogen and oxygen atoms in total. The number of amides is 2. The normalized spacial score (nSPS) is 23.7. The summed E-state index contributed by atoms with van der Waals surface area (Å²) in [6.07, 6.45) is 1.95. The van der Waals surface area contributed by atoms with Crippen molar-refractivity contribution in [2.45, 2.75) is 26.2 Å². The van der Waals surface area contributed by atoms with E-state index in [9.17, 15) is 9.59 Å². The Labute approximate surface area is 108 Å². The van der Waals surface area contributed by atoms with Crippen LogP contribution in [0.25, 0.3) is 0 Å². The first-order valence-electron chi connectivity index (χ1n) is 6.93. The second-order valence-electron chi connectivity index (χ2n) is 5.40. The molecule has 2 aliphatic rings. The van der Waals surface area contributed by atoms with Gasteiger partial charge < -0.3 is 10.2 Å². The van der Waals surface area contributed by atoms with Crippen LogP contribution in [0.15, 0.2) is 0 Å². The van der Waals surface area contributed by atoms with E-state index in [1.54, 1.807) is 0 Å². The third-order valence-corrected chi connectivity index (χ3v) is 3.71. The zero-order valence-electron chi connectivity index (χ0n) is 11.2. The highest BCUT2D eigenvalue weighted by Gasteiger charge is 2.29. The number of rotatable bonds is 4. The molecule has 0 radical (unpaired) electrons. The molecular formula is C13H23N3O2. The van der Waals surface area contributed by atoms with Gasteiger partial charge in [0.05, 0.1) is 0 Å². The molecule has 0 spiro atoms. The van der Waals surface area contributed by atoms with Crippen molar-refractivity contribution in [3.05, 3.63) is 0 Å². The molecule has 1 N–H and O–H groups in total. The molecule has 2 rings (SSSR count). The quantitative estimate of drug-likeness (QED) is 0.720. The number of nitrogens with one attached hydrogen (secondary N) is 1. The Bertz CT molecular complexity index is 295. The predicted octanol–water partition coefficient (Wildman–Crippen LogP) is 0.0668. The van der Waals surface area contributed by atoms with Crippen molar-refractivity contribution in [1.29, 1.82) is 0 Å². The van der Waals surface area contributed by atoms with E-state index in [0.717, 1.165) is 39.1 Å². The highest BCUT2D eigenvalue weighted by Crippen LogP contribution is 2.18. The van der Waals surface area contributed by atoms with Gasteiger partial charge in [0.15, 0.2) is 0 Å². The van der Waals surface area contributed by atoms with Gasteiger partial charge in [0.1, 0.15) is 0 Å². The second kappa shape index (κ2) is 6.29. The van der Waals surface area contributed by atoms with Crippen LogP contribution < -0.4 is 5.32 Å². The molecular weight excluding hydrogens is 230 g/mol. The monoisotopic (exact) mass is 253 g/mol. The SMILES string of the molecule is CC1CC(=O)N(CCCN2CCNCC2)C(=O)C1. The number of imide groups is 1. The van der Waals surface area contributed by atoms with Gasteiger partial charge in [-0.05, 0) is 18.9 Å². The average molecular weight is 253 g/mol. The predicted molar refractivity (Wildman–Crippen MR) is 69.0 cm³/mol. The van der Waals surface area contributed by atoms with Crippen LogP contribution >= 0.6 is 0 Å². The zero-order chi connectivity index (χ0) is 13.0. The van der Waals surface area contributed by atoms with E-state index in [-0.39, 0.29) is 17.7 Å². The van der Waals surface area contributed by atoms with Gasteiger partial charge in [-0.2, -0.15) is 0 Å². The fourth-order valence-electron chi connectivity index (χ4n) is 2.66. The van der Waals surface area contributed by atoms with E-state index in [0.29, 0.717) is 19.4 Å². The van der Waals surface area contributed by atoms with Crippen molar-refractivity contribution in [1.82, 2.24) is 15.1 Å². The zero-order valence-corrected chi connectivity index (χ0v) is 11.2. The number of likely N-dealkylation sites (tertiary alicyclic amines) is 1. The summed E-state index contributed by atoms with van der Waals surface area (Å²) in [5.41, 5.74) is 0. The lowest BCUT2D eigenvalue weighted by Gasteiger charge is -2.30. The molecule has 0 aliphatic carbocycles. The van der Waals surface area contributed by atoms with Gasteiger partial charge in [0.25, 0.3) is 0 Å². The first-order valence-corrected chi connectivity index (χ1v) is 6.93. The molecule has 0 aromatic rings. The minimum absolute atomic E-state index is 0.0130. The summed E-state index contributed by atoms with van der Waals surface area (Å²) in [5.74, 6) is 0.243. The van der Waals surface area contributed by atoms with Gasteiger partial charge in [0, 0.05) is 45.6 Å². The highest BCUT2D eigenvalue weighted by molar-refractivity contribution is 5.97. The van der Waals surface area contributed by atoms with Crippen molar-refractivity contribution in [3.63, 3.8) is 0 Å². The number of nitrogens with zero attached hydrogens (tertiary/aromatic N) is 2. The summed E-state index contributed by atoms with van der Waals surface area (Å²) in [6, 6.07) is 0. The lowest BCUT2D eigenvalue weighted by molar-refractivity contribution is -0.149. The highest BCUT2D eigenvalue weighted by atomic mass is 16.2. The number of hydrogen-bond acceptors (Lipinski definition) is 4. The summed E-state index contributed by atoms with van der Waals surface area (Å²) in [5, 5.41) is 3.31. The summed E-state index contributed by atoms with van der Waals surface area (Å²) >= 11 is 0. The molecule has 0 saturated carbocycles. The van der Waals surface area contributed by atoms with E-state index >= 15 is 0 Å². The maximum Gasteiger partial charge on any atom is 0.229 e. The summed E-state index contributed by atoms with van der Waals surface area (Å²) in [6.45, 7) is 7.76. The van der Waals surface area contributed by atoms with Crippen molar-refractivity contribution in [2.24, 2.45) is 5.92 Å². The van der Waals surface area contributed by atoms with Gasteiger partial charge in [-0.15, -0.1) is 0 Å². The van der Waals surface area contributed by atoms with Crippen LogP contribution in [0.3, 0.4) is 0 Å². The first kappa shape index (κ1) is 13.5. The fraction of sp³-hybridized carbons (Fsp3) is 0.846. The smallest absolute Gasteiger partial charge is 0.229 e. The fourth-order valence-corrected chi connectivity index (χ4v) is 2.66. The van der Waals surface area contributed by atoms with Gasteiger partial charge in [-0.3, -0.25) is 14.5 Å². The molecule has 2 amide bonds. The summed E-state index contributed by atoms with van der Waals surface area (Å²) < 4.78 is 0. The van der Waals surface area contributed by atoms with Crippen LogP contribution in [0.2, 0.25) is 0 Å². The van der Waals surface area contributed by atoms with Crippen LogP contribution in [-0.4, -0.2) is 60.9 Å². The van der Waals surface area contributed by atoms with E-state index in [2.05, 4.69) is 10.2 Å². The molecule has 2 aliphatic heterocycles. The molecule has 2 fully saturated rings. The molecule has 18 heavy (non-hydrogen) atoms. The van der Waals surface area contributed by atoms with Crippen LogP contribution in [-0.2, 0) is 9.59 Å². The molecule has 0 unspecified atom stereocenters. The average Bonchev–Trinajstić information content (AvgIpc) is 2.34. The van der Waals surface area contributed by atoms with E-state index in [4.69, 9.17) is 0 Å². The van der Waals surface area contributed by atoms with Crippen LogP contribution in [0.4, 0.5) is 0 Å². The van der Waals surface area contributed by atoms with Crippen LogP contribution in [0, 0.1) is 5.92 Å². The molecule has 2 saturated heterocycles. The Morgan fingerprint density at radius 2 is 1.72 bits per heavy atom. The Hall–Kier alpha value is -0.940. The van der Waals surface area contributed by atoms with Gasteiger partial charge in [-0.1, -0.05) is 6.92 Å². The van der Waals surface area contributed by atoms with E-state index in [1.807, 2.05) is 6.92 Å². The van der Waals surface area contributed by atoms with Gasteiger partial charge >= 0.3 is 0 Å². The minimum atomic E-state index is 0.0130. The van der Waals surface area contributed by atoms with E-state index < -0.39 is 0 Å². The number of carbonyl (C=O) groups is 2. The molecule has 0 bridgehead atoms. The molecule has 2 heterocycles. The van der Waals surface area contributed by atoms with Crippen LogP contribution in [0.5, 0.6) is 0 Å². The molecule has 102 valence electrons. The Balaban J connectivity index is 1.72. The van der Waals surface area contributed by atoms with Gasteiger partial charge in [0.2, 0.25) is 11.8 Å². The lowest BCUT2D eigenvalue weighted by Crippen LogP contribution is -2.46. The number of piperazine rings is 1. The maximum atomic E-state index is 11.8. The third-order valence-electron chi connectivity index (χ3n) is 3.71. The van der Waals surface area contributed by atoms with Crippen molar-refractivity contribution in [3.8, 4) is 0 Å². The lowest BCUT2D eigenvalue weighted by atomic mass is 9.98. The number of carbonyl (C=O) groups excluding carboxylic acids is 2. The van der Waals surface area contributed by atoms with E-state index in [1.165, 1.54) is 4.90 Å². The Morgan fingerprint density at radius 1 is 1.11 bits per heavy atom. The van der Waals surface area contributed by atoms with Crippen molar-refractivity contribution >= 4 is 11.8 Å². The van der Waals surface area contributed by atoms with Crippen molar-refractivity contribution in [2.75, 3.05) is 39.3 Å². The summed E-state index contributed by atoms with van der Waals surface area (Å²) in [4.78, 5) is 27.4. The molecule has 0 atom stereocenters. The Kier molecular flexibility index (Phi) is 4.72. The van der Waals surface area contributed by atoms with Crippen molar-refractivity contribution < 1.29 is 9.59 Å². The number of hydrogen-bond donors (Lipinski definition) is 1. The largest absolute Gasteiger partial charge is 0.314 e. The minimum Gasteiger partial charge on any atom is -0.314 e. The second-order valence-corrected chi connectivity index (χ2v) is 5.40. The third kappa shape index (κ3) is 3.53. The first-order chi connectivity index (χ1) is 8.66. The van der Waals surface area contributed by atoms with Gasteiger partial charge in [-0.25, -0.2) is 0 Å².